The monoisotopic (exact) mass is 242 g/mol. The molecule has 0 atom stereocenters. The molecule has 0 fully saturated rings. The molecule has 3 aromatic rings. The van der Waals surface area contributed by atoms with E-state index in [4.69, 9.17) is 5.73 Å². The minimum Gasteiger partial charge on any atom is -0.396 e. The number of nitrogens with two attached hydrogens (primary N) is 1. The van der Waals surface area contributed by atoms with Crippen molar-refractivity contribution in [1.82, 2.24) is 15.2 Å². The van der Waals surface area contributed by atoms with Crippen LogP contribution in [-0.4, -0.2) is 15.2 Å². The number of pyridine rings is 1. The first-order valence-corrected chi connectivity index (χ1v) is 5.50. The molecule has 0 unspecified atom stereocenters. The van der Waals surface area contributed by atoms with E-state index in [0.717, 1.165) is 16.6 Å². The van der Waals surface area contributed by atoms with Gasteiger partial charge in [-0.1, -0.05) is 0 Å². The Hall–Kier alpha value is -2.43. The van der Waals surface area contributed by atoms with Crippen LogP contribution < -0.4 is 5.73 Å². The molecule has 0 radical (unpaired) electrons. The van der Waals surface area contributed by atoms with Gasteiger partial charge in [0.05, 0.1) is 11.9 Å². The predicted molar refractivity (Wildman–Crippen MR) is 68.4 cm³/mol. The first-order valence-electron chi connectivity index (χ1n) is 5.50. The molecular formula is C13H11FN4. The molecule has 0 aliphatic carbocycles. The zero-order chi connectivity index (χ0) is 12.7. The second kappa shape index (κ2) is 3.80. The van der Waals surface area contributed by atoms with Gasteiger partial charge in [-0.2, -0.15) is 5.10 Å². The fourth-order valence-electron chi connectivity index (χ4n) is 2.06. The van der Waals surface area contributed by atoms with Crippen LogP contribution in [0.4, 0.5) is 10.1 Å². The summed E-state index contributed by atoms with van der Waals surface area (Å²) >= 11 is 0. The number of H-pyrrole nitrogens is 1. The van der Waals surface area contributed by atoms with Crippen molar-refractivity contribution in [2.24, 2.45) is 0 Å². The highest BCUT2D eigenvalue weighted by Gasteiger charge is 2.15. The van der Waals surface area contributed by atoms with Crippen LogP contribution in [0, 0.1) is 12.7 Å². The minimum absolute atomic E-state index is 0.121. The molecule has 4 nitrogen and oxygen atoms in total. The van der Waals surface area contributed by atoms with E-state index in [1.807, 2.05) is 13.0 Å². The van der Waals surface area contributed by atoms with Crippen molar-refractivity contribution >= 4 is 16.5 Å². The smallest absolute Gasteiger partial charge is 0.154 e. The van der Waals surface area contributed by atoms with E-state index in [1.165, 1.54) is 0 Å². The zero-order valence-corrected chi connectivity index (χ0v) is 9.74. The number of hydrogen-bond acceptors (Lipinski definition) is 3. The summed E-state index contributed by atoms with van der Waals surface area (Å²) < 4.78 is 14.3. The molecule has 0 spiro atoms. The van der Waals surface area contributed by atoms with Gasteiger partial charge in [-0.05, 0) is 24.4 Å². The molecule has 0 saturated heterocycles. The maximum atomic E-state index is 14.3. The Kier molecular flexibility index (Phi) is 2.26. The number of nitrogens with zero attached hydrogens (tertiary/aromatic N) is 2. The molecule has 1 aromatic carbocycles. The van der Waals surface area contributed by atoms with Gasteiger partial charge < -0.3 is 5.73 Å². The van der Waals surface area contributed by atoms with E-state index >= 15 is 0 Å². The maximum absolute atomic E-state index is 14.3. The quantitative estimate of drug-likeness (QED) is 0.644. The number of halogens is 1. The first kappa shape index (κ1) is 10.7. The zero-order valence-electron chi connectivity index (χ0n) is 9.74. The molecule has 0 bridgehead atoms. The summed E-state index contributed by atoms with van der Waals surface area (Å²) in [6.07, 6.45) is 4.83. The summed E-state index contributed by atoms with van der Waals surface area (Å²) in [7, 11) is 0. The van der Waals surface area contributed by atoms with Crippen LogP contribution in [0.3, 0.4) is 0 Å². The van der Waals surface area contributed by atoms with Crippen LogP contribution in [0.1, 0.15) is 5.69 Å². The largest absolute Gasteiger partial charge is 0.396 e. The summed E-state index contributed by atoms with van der Waals surface area (Å²) in [4.78, 5) is 3.96. The minimum atomic E-state index is -0.431. The average Bonchev–Trinajstić information content (AvgIpc) is 2.80. The number of nitrogen functional groups attached to an aromatic ring is 1. The van der Waals surface area contributed by atoms with Gasteiger partial charge in [-0.15, -0.1) is 0 Å². The number of rotatable bonds is 1. The van der Waals surface area contributed by atoms with E-state index in [0.29, 0.717) is 10.9 Å². The highest BCUT2D eigenvalue weighted by molar-refractivity contribution is 5.96. The van der Waals surface area contributed by atoms with E-state index in [1.54, 1.807) is 24.7 Å². The maximum Gasteiger partial charge on any atom is 0.154 e. The van der Waals surface area contributed by atoms with Crippen molar-refractivity contribution < 1.29 is 4.39 Å². The second-order valence-corrected chi connectivity index (χ2v) is 4.16. The van der Waals surface area contributed by atoms with Crippen molar-refractivity contribution in [2.45, 2.75) is 6.92 Å². The van der Waals surface area contributed by atoms with Crippen molar-refractivity contribution in [3.05, 3.63) is 42.2 Å². The van der Waals surface area contributed by atoms with Crippen LogP contribution in [0.25, 0.3) is 21.9 Å². The first-order chi connectivity index (χ1) is 8.68. The highest BCUT2D eigenvalue weighted by atomic mass is 19.1. The SMILES string of the molecule is Cc1[nH]ncc1-c1cc2ccncc2c(N)c1F. The molecule has 18 heavy (non-hydrogen) atoms. The van der Waals surface area contributed by atoms with E-state index in [-0.39, 0.29) is 5.69 Å². The van der Waals surface area contributed by atoms with Crippen LogP contribution in [-0.2, 0) is 0 Å². The Morgan fingerprint density at radius 1 is 1.28 bits per heavy atom. The highest BCUT2D eigenvalue weighted by Crippen LogP contribution is 2.33. The van der Waals surface area contributed by atoms with Gasteiger partial charge in [-0.3, -0.25) is 10.1 Å². The molecule has 5 heteroatoms. The third kappa shape index (κ3) is 1.44. The topological polar surface area (TPSA) is 67.6 Å². The third-order valence-electron chi connectivity index (χ3n) is 3.04. The molecule has 0 amide bonds. The lowest BCUT2D eigenvalue weighted by molar-refractivity contribution is 0.637. The van der Waals surface area contributed by atoms with Crippen LogP contribution in [0.2, 0.25) is 0 Å². The molecule has 0 aliphatic rings. The Morgan fingerprint density at radius 2 is 2.11 bits per heavy atom. The number of nitrogens with one attached hydrogen (secondary N) is 1. The second-order valence-electron chi connectivity index (χ2n) is 4.16. The number of aromatic nitrogens is 3. The number of fused-ring (bicyclic) bond motifs is 1. The summed E-state index contributed by atoms with van der Waals surface area (Å²) in [5, 5.41) is 8.18. The lowest BCUT2D eigenvalue weighted by Crippen LogP contribution is -1.96. The standard InChI is InChI=1S/C13H11FN4/c1-7-10(6-17-18-7)9-4-8-2-3-16-5-11(8)13(15)12(9)14/h2-6H,15H2,1H3,(H,17,18). The van der Waals surface area contributed by atoms with Crippen molar-refractivity contribution in [2.75, 3.05) is 5.73 Å². The Labute approximate surface area is 103 Å². The fraction of sp³-hybridized carbons (Fsp3) is 0.0769. The van der Waals surface area contributed by atoms with E-state index in [2.05, 4.69) is 15.2 Å². The lowest BCUT2D eigenvalue weighted by Gasteiger charge is -2.08. The lowest BCUT2D eigenvalue weighted by atomic mass is 10.0. The van der Waals surface area contributed by atoms with Gasteiger partial charge in [0.2, 0.25) is 0 Å². The average molecular weight is 242 g/mol. The van der Waals surface area contributed by atoms with Gasteiger partial charge in [0.25, 0.3) is 0 Å². The summed E-state index contributed by atoms with van der Waals surface area (Å²) in [5.74, 6) is -0.431. The molecule has 0 saturated carbocycles. The van der Waals surface area contributed by atoms with E-state index < -0.39 is 5.82 Å². The molecule has 90 valence electrons. The normalized spacial score (nSPS) is 11.0. The van der Waals surface area contributed by atoms with Crippen molar-refractivity contribution in [3.63, 3.8) is 0 Å². The van der Waals surface area contributed by atoms with Gasteiger partial charge in [0.1, 0.15) is 0 Å². The van der Waals surface area contributed by atoms with Crippen LogP contribution in [0.15, 0.2) is 30.7 Å². The Morgan fingerprint density at radius 3 is 2.83 bits per heavy atom. The molecule has 2 heterocycles. The van der Waals surface area contributed by atoms with Gasteiger partial charge in [0, 0.05) is 34.6 Å². The fourth-order valence-corrected chi connectivity index (χ4v) is 2.06. The number of aromatic amines is 1. The summed E-state index contributed by atoms with van der Waals surface area (Å²) in [5.41, 5.74) is 7.93. The van der Waals surface area contributed by atoms with Crippen LogP contribution >= 0.6 is 0 Å². The molecule has 3 N–H and O–H groups in total. The van der Waals surface area contributed by atoms with Crippen LogP contribution in [0.5, 0.6) is 0 Å². The number of benzene rings is 1. The number of aryl methyl sites for hydroxylation is 1. The van der Waals surface area contributed by atoms with E-state index in [9.17, 15) is 4.39 Å². The van der Waals surface area contributed by atoms with Gasteiger partial charge in [0.15, 0.2) is 5.82 Å². The molecule has 3 rings (SSSR count). The summed E-state index contributed by atoms with van der Waals surface area (Å²) in [6.45, 7) is 1.84. The number of anilines is 1. The van der Waals surface area contributed by atoms with Gasteiger partial charge >= 0.3 is 0 Å². The summed E-state index contributed by atoms with van der Waals surface area (Å²) in [6, 6.07) is 3.57. The molecule has 2 aromatic heterocycles. The van der Waals surface area contributed by atoms with Gasteiger partial charge in [-0.25, -0.2) is 4.39 Å². The van der Waals surface area contributed by atoms with Crippen molar-refractivity contribution in [1.29, 1.82) is 0 Å². The number of hydrogen-bond donors (Lipinski definition) is 2. The Balaban J connectivity index is 2.38. The van der Waals surface area contributed by atoms with Crippen molar-refractivity contribution in [3.8, 4) is 11.1 Å². The molecule has 0 aliphatic heterocycles. The predicted octanol–water partition coefficient (Wildman–Crippen LogP) is 2.65. The third-order valence-corrected chi connectivity index (χ3v) is 3.04. The Bertz CT molecular complexity index is 733. The molecular weight excluding hydrogens is 231 g/mol.